The third kappa shape index (κ3) is 3.96. The van der Waals surface area contributed by atoms with Gasteiger partial charge >= 0.3 is 0 Å². The Kier molecular flexibility index (Phi) is 5.80. The van der Waals surface area contributed by atoms with E-state index in [9.17, 15) is 5.26 Å². The van der Waals surface area contributed by atoms with Crippen molar-refractivity contribution in [1.29, 1.82) is 5.26 Å². The van der Waals surface area contributed by atoms with E-state index in [4.69, 9.17) is 23.2 Å². The van der Waals surface area contributed by atoms with E-state index in [2.05, 4.69) is 44.9 Å². The van der Waals surface area contributed by atoms with Crippen LogP contribution in [0, 0.1) is 11.3 Å². The van der Waals surface area contributed by atoms with Gasteiger partial charge in [0, 0.05) is 51.5 Å². The Morgan fingerprint density at radius 1 is 0.844 bits per heavy atom. The van der Waals surface area contributed by atoms with E-state index in [1.807, 2.05) is 42.6 Å². The number of halogens is 2. The van der Waals surface area contributed by atoms with Gasteiger partial charge in [-0.05, 0) is 55.3 Å². The number of aromatic nitrogens is 1. The van der Waals surface area contributed by atoms with Gasteiger partial charge in [-0.25, -0.2) is 5.01 Å². The number of hydrazine groups is 1. The lowest BCUT2D eigenvalue weighted by Crippen LogP contribution is -2.47. The highest BCUT2D eigenvalue weighted by atomic mass is 35.5. The summed E-state index contributed by atoms with van der Waals surface area (Å²) in [5.74, 6) is 0. The average molecular weight is 461 g/mol. The van der Waals surface area contributed by atoms with Gasteiger partial charge in [-0.2, -0.15) is 5.26 Å². The van der Waals surface area contributed by atoms with Crippen molar-refractivity contribution in [3.63, 3.8) is 0 Å². The molecular formula is C26H22Cl2N4. The van der Waals surface area contributed by atoms with Gasteiger partial charge in [-0.3, -0.25) is 0 Å². The SMILES string of the molecule is N#Cc1ccc(N2CCCCN2Cc2cccn2-c2cc(Cl)cc(Cl)c2)c2ccccc12. The first-order valence-corrected chi connectivity index (χ1v) is 11.5. The molecule has 0 spiro atoms. The molecule has 6 heteroatoms. The monoisotopic (exact) mass is 460 g/mol. The van der Waals surface area contributed by atoms with Gasteiger partial charge in [-0.15, -0.1) is 0 Å². The van der Waals surface area contributed by atoms with Crippen LogP contribution in [0.1, 0.15) is 24.1 Å². The van der Waals surface area contributed by atoms with Crippen LogP contribution in [0.15, 0.2) is 72.9 Å². The molecule has 0 aliphatic carbocycles. The second kappa shape index (κ2) is 8.88. The van der Waals surface area contributed by atoms with Crippen LogP contribution in [-0.2, 0) is 6.54 Å². The number of hydrogen-bond acceptors (Lipinski definition) is 3. The summed E-state index contributed by atoms with van der Waals surface area (Å²) in [4.78, 5) is 0. The summed E-state index contributed by atoms with van der Waals surface area (Å²) in [7, 11) is 0. The predicted octanol–water partition coefficient (Wildman–Crippen LogP) is 6.83. The maximum atomic E-state index is 9.54. The van der Waals surface area contributed by atoms with Crippen LogP contribution in [0.25, 0.3) is 16.5 Å². The van der Waals surface area contributed by atoms with Crippen LogP contribution in [-0.4, -0.2) is 22.7 Å². The van der Waals surface area contributed by atoms with E-state index >= 15 is 0 Å². The fraction of sp³-hybridized carbons (Fsp3) is 0.192. The molecule has 3 aromatic carbocycles. The Morgan fingerprint density at radius 3 is 2.38 bits per heavy atom. The van der Waals surface area contributed by atoms with E-state index in [-0.39, 0.29) is 0 Å². The molecule has 0 radical (unpaired) electrons. The number of nitrogens with zero attached hydrogens (tertiary/aromatic N) is 4. The molecule has 160 valence electrons. The van der Waals surface area contributed by atoms with Gasteiger partial charge in [0.15, 0.2) is 0 Å². The Hall–Kier alpha value is -2.97. The number of nitriles is 1. The van der Waals surface area contributed by atoms with Crippen LogP contribution in [0.3, 0.4) is 0 Å². The molecule has 0 saturated carbocycles. The average Bonchev–Trinajstić information content (AvgIpc) is 3.26. The first-order valence-electron chi connectivity index (χ1n) is 10.7. The highest BCUT2D eigenvalue weighted by Gasteiger charge is 2.23. The quantitative estimate of drug-likeness (QED) is 0.334. The van der Waals surface area contributed by atoms with Gasteiger partial charge in [0.25, 0.3) is 0 Å². The van der Waals surface area contributed by atoms with Crippen LogP contribution in [0.2, 0.25) is 10.0 Å². The van der Waals surface area contributed by atoms with Gasteiger partial charge in [0.05, 0.1) is 23.9 Å². The molecule has 1 aliphatic rings. The van der Waals surface area contributed by atoms with Gasteiger partial charge in [-0.1, -0.05) is 47.5 Å². The fourth-order valence-electron chi connectivity index (χ4n) is 4.52. The highest BCUT2D eigenvalue weighted by molar-refractivity contribution is 6.34. The second-order valence-electron chi connectivity index (χ2n) is 8.01. The lowest BCUT2D eigenvalue weighted by molar-refractivity contribution is 0.202. The summed E-state index contributed by atoms with van der Waals surface area (Å²) >= 11 is 12.5. The molecule has 0 N–H and O–H groups in total. The summed E-state index contributed by atoms with van der Waals surface area (Å²) in [5, 5.41) is 17.7. The molecule has 1 saturated heterocycles. The molecule has 4 nitrogen and oxygen atoms in total. The van der Waals surface area contributed by atoms with Crippen molar-refractivity contribution in [3.8, 4) is 11.8 Å². The van der Waals surface area contributed by atoms with Crippen molar-refractivity contribution in [2.24, 2.45) is 0 Å². The molecule has 1 fully saturated rings. The lowest BCUT2D eigenvalue weighted by Gasteiger charge is -2.41. The van der Waals surface area contributed by atoms with Crippen molar-refractivity contribution in [3.05, 3.63) is 94.2 Å². The maximum absolute atomic E-state index is 9.54. The number of hydrogen-bond donors (Lipinski definition) is 0. The Morgan fingerprint density at radius 2 is 1.59 bits per heavy atom. The summed E-state index contributed by atoms with van der Waals surface area (Å²) in [6, 6.07) is 24.3. The minimum absolute atomic E-state index is 0.621. The molecule has 1 aliphatic heterocycles. The van der Waals surface area contributed by atoms with E-state index < -0.39 is 0 Å². The Bertz CT molecular complexity index is 1300. The minimum atomic E-state index is 0.621. The molecule has 32 heavy (non-hydrogen) atoms. The molecule has 0 bridgehead atoms. The standard InChI is InChI=1S/C26H22Cl2N4/c27-20-14-21(28)16-23(15-20)31-12-5-6-22(31)18-30-11-3-4-13-32(30)26-10-9-19(17-29)24-7-1-2-8-25(24)26/h1-2,5-10,12,14-16H,3-4,11,13,18H2. The smallest absolute Gasteiger partial charge is 0.0998 e. The maximum Gasteiger partial charge on any atom is 0.0998 e. The summed E-state index contributed by atoms with van der Waals surface area (Å²) < 4.78 is 2.14. The van der Waals surface area contributed by atoms with Crippen LogP contribution < -0.4 is 5.01 Å². The largest absolute Gasteiger partial charge is 0.319 e. The van der Waals surface area contributed by atoms with Crippen molar-refractivity contribution in [2.45, 2.75) is 19.4 Å². The first kappa shape index (κ1) is 20.9. The molecule has 0 amide bonds. The van der Waals surface area contributed by atoms with Crippen LogP contribution in [0.5, 0.6) is 0 Å². The highest BCUT2D eigenvalue weighted by Crippen LogP contribution is 2.33. The van der Waals surface area contributed by atoms with E-state index in [0.717, 1.165) is 60.3 Å². The molecular weight excluding hydrogens is 439 g/mol. The van der Waals surface area contributed by atoms with Crippen LogP contribution in [0.4, 0.5) is 5.69 Å². The zero-order valence-corrected chi connectivity index (χ0v) is 19.0. The second-order valence-corrected chi connectivity index (χ2v) is 8.88. The number of rotatable bonds is 4. The van der Waals surface area contributed by atoms with E-state index in [1.165, 1.54) is 0 Å². The van der Waals surface area contributed by atoms with E-state index in [0.29, 0.717) is 15.6 Å². The zero-order valence-electron chi connectivity index (χ0n) is 17.5. The third-order valence-corrected chi connectivity index (χ3v) is 6.42. The number of anilines is 1. The molecule has 4 aromatic rings. The van der Waals surface area contributed by atoms with Gasteiger partial charge < -0.3 is 9.58 Å². The lowest BCUT2D eigenvalue weighted by atomic mass is 10.0. The van der Waals surface area contributed by atoms with Crippen LogP contribution >= 0.6 is 23.2 Å². The third-order valence-electron chi connectivity index (χ3n) is 5.98. The van der Waals surface area contributed by atoms with Crippen molar-refractivity contribution < 1.29 is 0 Å². The van der Waals surface area contributed by atoms with E-state index in [1.54, 1.807) is 6.07 Å². The van der Waals surface area contributed by atoms with Crippen molar-refractivity contribution in [1.82, 2.24) is 9.58 Å². The summed E-state index contributed by atoms with van der Waals surface area (Å²) in [5.41, 5.74) is 3.96. The van der Waals surface area contributed by atoms with Crippen molar-refractivity contribution in [2.75, 3.05) is 18.1 Å². The first-order chi connectivity index (χ1) is 15.6. The van der Waals surface area contributed by atoms with Crippen molar-refractivity contribution >= 4 is 39.7 Å². The molecule has 2 heterocycles. The Labute approximate surface area is 197 Å². The van der Waals surface area contributed by atoms with Gasteiger partial charge in [0.1, 0.15) is 0 Å². The fourth-order valence-corrected chi connectivity index (χ4v) is 5.04. The molecule has 0 unspecified atom stereocenters. The molecule has 0 atom stereocenters. The predicted molar refractivity (Wildman–Crippen MR) is 131 cm³/mol. The molecule has 5 rings (SSSR count). The minimum Gasteiger partial charge on any atom is -0.319 e. The Balaban J connectivity index is 1.51. The number of fused-ring (bicyclic) bond motifs is 1. The summed E-state index contributed by atoms with van der Waals surface area (Å²) in [6.07, 6.45) is 4.33. The summed E-state index contributed by atoms with van der Waals surface area (Å²) in [6.45, 7) is 2.67. The number of benzene rings is 3. The zero-order chi connectivity index (χ0) is 22.1. The normalized spacial score (nSPS) is 14.6. The van der Waals surface area contributed by atoms with Gasteiger partial charge in [0.2, 0.25) is 0 Å². The molecule has 1 aromatic heterocycles. The topological polar surface area (TPSA) is 35.2 Å².